The van der Waals surface area contributed by atoms with E-state index in [2.05, 4.69) is 84.0 Å². The van der Waals surface area contributed by atoms with Gasteiger partial charge in [-0.25, -0.2) is 0 Å². The maximum atomic E-state index is 13.9. The lowest BCUT2D eigenvalue weighted by molar-refractivity contribution is -0.137. The number of anilines is 1. The molecule has 0 radical (unpaired) electrons. The summed E-state index contributed by atoms with van der Waals surface area (Å²) < 4.78 is 54.6. The molecule has 0 saturated carbocycles. The molecule has 2 aliphatic heterocycles. The van der Waals surface area contributed by atoms with Gasteiger partial charge in [-0.1, -0.05) is 74.5 Å². The molecule has 0 spiro atoms. The number of rotatable bonds is 4. The lowest BCUT2D eigenvalue weighted by Crippen LogP contribution is -2.37. The van der Waals surface area contributed by atoms with Crippen LogP contribution in [-0.4, -0.2) is 32.6 Å². The Morgan fingerprint density at radius 2 is 1.47 bits per heavy atom. The Kier molecular flexibility index (Phi) is 7.01. The van der Waals surface area contributed by atoms with Crippen molar-refractivity contribution in [3.05, 3.63) is 130 Å². The second-order valence-corrected chi connectivity index (χ2v) is 13.8. The van der Waals surface area contributed by atoms with Crippen LogP contribution in [0.4, 0.5) is 18.9 Å². The van der Waals surface area contributed by atoms with Gasteiger partial charge in [0, 0.05) is 51.2 Å². The molecule has 5 aromatic rings. The van der Waals surface area contributed by atoms with Gasteiger partial charge in [0.25, 0.3) is 0 Å². The van der Waals surface area contributed by atoms with Gasteiger partial charge in [0.2, 0.25) is 0 Å². The van der Waals surface area contributed by atoms with E-state index in [-0.39, 0.29) is 0 Å². The van der Waals surface area contributed by atoms with E-state index in [1.807, 2.05) is 26.0 Å². The Morgan fingerprint density at radius 3 is 2.13 bits per heavy atom. The highest BCUT2D eigenvalue weighted by molar-refractivity contribution is 7.98. The number of thioether (sulfide) groups is 1. The Bertz CT molecular complexity index is 2040. The Balaban J connectivity index is 1.34. The van der Waals surface area contributed by atoms with Crippen molar-refractivity contribution in [2.75, 3.05) is 37.5 Å². The molecule has 1 fully saturated rings. The van der Waals surface area contributed by atoms with Gasteiger partial charge in [-0.15, -0.1) is 11.8 Å². The standard InChI is InChI=1S/C40H34F3NO2S/c1-38(2)34-24-27(40(41,42)43)12-17-32(34)35-30-6-4-5-7-31(30)37-33(36(35)38)18-19-39(46-37,26-10-15-29(47-3)16-11-26)25-8-13-28(14-9-25)44-20-22-45-23-21-44/h4-19,24H,20-23H2,1-3H3. The van der Waals surface area contributed by atoms with Crippen LogP contribution in [0.1, 0.15) is 47.2 Å². The zero-order valence-corrected chi connectivity index (χ0v) is 27.3. The van der Waals surface area contributed by atoms with Crippen LogP contribution in [0.15, 0.2) is 102 Å². The van der Waals surface area contributed by atoms with Crippen molar-refractivity contribution in [2.24, 2.45) is 0 Å². The summed E-state index contributed by atoms with van der Waals surface area (Å²) in [4.78, 5) is 3.49. The van der Waals surface area contributed by atoms with E-state index < -0.39 is 22.8 Å². The fraction of sp³-hybridized carbons (Fsp3) is 0.250. The molecule has 0 N–H and O–H groups in total. The van der Waals surface area contributed by atoms with E-state index in [4.69, 9.17) is 9.47 Å². The SMILES string of the molecule is CSc1ccc(C2(c3ccc(N4CCOCC4)cc3)C=Cc3c4c(c5ccccc5c3O2)-c2ccc(C(F)(F)F)cc2C4(C)C)cc1. The number of hydrogen-bond acceptors (Lipinski definition) is 4. The first-order chi connectivity index (χ1) is 22.6. The molecular weight excluding hydrogens is 616 g/mol. The van der Waals surface area contributed by atoms with E-state index in [1.165, 1.54) is 12.1 Å². The lowest BCUT2D eigenvalue weighted by Gasteiger charge is -2.39. The number of morpholine rings is 1. The van der Waals surface area contributed by atoms with E-state index in [1.54, 1.807) is 17.8 Å². The first kappa shape index (κ1) is 30.2. The predicted octanol–water partition coefficient (Wildman–Crippen LogP) is 10.1. The number of nitrogens with zero attached hydrogens (tertiary/aromatic N) is 1. The first-order valence-electron chi connectivity index (χ1n) is 15.9. The van der Waals surface area contributed by atoms with Gasteiger partial charge in [-0.2, -0.15) is 13.2 Å². The second-order valence-electron chi connectivity index (χ2n) is 13.0. The maximum Gasteiger partial charge on any atom is 0.416 e. The number of halogens is 3. The minimum atomic E-state index is -4.42. The van der Waals surface area contributed by atoms with Crippen LogP contribution in [0.2, 0.25) is 0 Å². The largest absolute Gasteiger partial charge is 0.472 e. The monoisotopic (exact) mass is 649 g/mol. The number of fused-ring (bicyclic) bond motifs is 8. The summed E-state index contributed by atoms with van der Waals surface area (Å²) in [7, 11) is 0. The van der Waals surface area contributed by atoms with Gasteiger partial charge < -0.3 is 14.4 Å². The number of alkyl halides is 3. The van der Waals surface area contributed by atoms with Crippen molar-refractivity contribution < 1.29 is 22.6 Å². The molecule has 47 heavy (non-hydrogen) atoms. The number of hydrogen-bond donors (Lipinski definition) is 0. The summed E-state index contributed by atoms with van der Waals surface area (Å²) in [6, 6.07) is 29.4. The molecule has 238 valence electrons. The maximum absolute atomic E-state index is 13.9. The number of ether oxygens (including phenoxy) is 2. The fourth-order valence-corrected chi connectivity index (χ4v) is 8.08. The second kappa shape index (κ2) is 10.9. The summed E-state index contributed by atoms with van der Waals surface area (Å²) in [5, 5.41) is 1.90. The van der Waals surface area contributed by atoms with Gasteiger partial charge >= 0.3 is 6.18 Å². The number of benzene rings is 5. The van der Waals surface area contributed by atoms with Crippen LogP contribution in [0.25, 0.3) is 28.0 Å². The minimum absolute atomic E-state index is 0.629. The van der Waals surface area contributed by atoms with Gasteiger partial charge in [0.15, 0.2) is 5.60 Å². The summed E-state index contributed by atoms with van der Waals surface area (Å²) in [5.41, 5.74) is 5.30. The molecule has 0 aromatic heterocycles. The zero-order valence-electron chi connectivity index (χ0n) is 26.4. The van der Waals surface area contributed by atoms with Crippen LogP contribution in [0.3, 0.4) is 0 Å². The molecular formula is C40H34F3NO2S. The fourth-order valence-electron chi connectivity index (χ4n) is 7.67. The highest BCUT2D eigenvalue weighted by Gasteiger charge is 2.45. The Hall–Kier alpha value is -4.20. The highest BCUT2D eigenvalue weighted by atomic mass is 32.2. The van der Waals surface area contributed by atoms with E-state index in [0.29, 0.717) is 18.8 Å². The van der Waals surface area contributed by atoms with Crippen molar-refractivity contribution in [2.45, 2.75) is 35.9 Å². The van der Waals surface area contributed by atoms with E-state index in [9.17, 15) is 13.2 Å². The first-order valence-corrected chi connectivity index (χ1v) is 17.1. The average Bonchev–Trinajstić information content (AvgIpc) is 3.34. The molecule has 7 heteroatoms. The summed E-state index contributed by atoms with van der Waals surface area (Å²) in [5.74, 6) is 0.741. The Morgan fingerprint density at radius 1 is 0.809 bits per heavy atom. The van der Waals surface area contributed by atoms with Crippen molar-refractivity contribution in [1.29, 1.82) is 0 Å². The molecule has 1 aliphatic carbocycles. The molecule has 5 aromatic carbocycles. The van der Waals surface area contributed by atoms with Crippen molar-refractivity contribution in [3.8, 4) is 16.9 Å². The average molecular weight is 650 g/mol. The molecule has 0 amide bonds. The molecule has 3 nitrogen and oxygen atoms in total. The molecule has 3 aliphatic rings. The summed E-state index contributed by atoms with van der Waals surface area (Å²) in [6.45, 7) is 7.17. The summed E-state index contributed by atoms with van der Waals surface area (Å²) in [6.07, 6.45) is 1.91. The van der Waals surface area contributed by atoms with Crippen LogP contribution >= 0.6 is 11.8 Å². The van der Waals surface area contributed by atoms with Gasteiger partial charge in [0.1, 0.15) is 5.75 Å². The van der Waals surface area contributed by atoms with E-state index >= 15 is 0 Å². The zero-order chi connectivity index (χ0) is 32.6. The smallest absolute Gasteiger partial charge is 0.416 e. The molecule has 8 rings (SSSR count). The third kappa shape index (κ3) is 4.69. The van der Waals surface area contributed by atoms with Crippen molar-refractivity contribution in [3.63, 3.8) is 0 Å². The van der Waals surface area contributed by atoms with Gasteiger partial charge in [-0.3, -0.25) is 0 Å². The van der Waals surface area contributed by atoms with Crippen molar-refractivity contribution >= 4 is 34.3 Å². The third-order valence-electron chi connectivity index (χ3n) is 10.1. The molecule has 1 saturated heterocycles. The van der Waals surface area contributed by atoms with Crippen LogP contribution in [0, 0.1) is 0 Å². The van der Waals surface area contributed by atoms with Crippen molar-refractivity contribution in [1.82, 2.24) is 0 Å². The molecule has 2 heterocycles. The lowest BCUT2D eigenvalue weighted by atomic mass is 9.76. The topological polar surface area (TPSA) is 21.7 Å². The Labute approximate surface area is 277 Å². The highest BCUT2D eigenvalue weighted by Crippen LogP contribution is 2.58. The van der Waals surface area contributed by atoms with Crippen LogP contribution < -0.4 is 9.64 Å². The molecule has 1 atom stereocenters. The van der Waals surface area contributed by atoms with Crippen LogP contribution in [0.5, 0.6) is 5.75 Å². The normalized spacial score (nSPS) is 19.7. The minimum Gasteiger partial charge on any atom is -0.472 e. The van der Waals surface area contributed by atoms with Crippen LogP contribution in [-0.2, 0) is 21.9 Å². The predicted molar refractivity (Wildman–Crippen MR) is 185 cm³/mol. The summed E-state index contributed by atoms with van der Waals surface area (Å²) >= 11 is 1.69. The van der Waals surface area contributed by atoms with E-state index in [0.717, 1.165) is 73.6 Å². The van der Waals surface area contributed by atoms with Gasteiger partial charge in [0.05, 0.1) is 18.8 Å². The molecule has 0 bridgehead atoms. The van der Waals surface area contributed by atoms with Gasteiger partial charge in [-0.05, 0) is 76.4 Å². The molecule has 1 unspecified atom stereocenters. The third-order valence-corrected chi connectivity index (χ3v) is 10.8. The quantitative estimate of drug-likeness (QED) is 0.181.